The van der Waals surface area contributed by atoms with Crippen molar-refractivity contribution < 1.29 is 9.53 Å². The Labute approximate surface area is 130 Å². The molecule has 2 nitrogen and oxygen atoms in total. The van der Waals surface area contributed by atoms with Crippen molar-refractivity contribution in [3.8, 4) is 12.3 Å². The van der Waals surface area contributed by atoms with E-state index in [1.807, 2.05) is 13.0 Å². The first-order chi connectivity index (χ1) is 9.99. The highest BCUT2D eigenvalue weighted by atomic mass is 16.5. The predicted molar refractivity (Wildman–Crippen MR) is 89.8 cm³/mol. The second-order valence-electron chi connectivity index (χ2n) is 5.89. The predicted octanol–water partition coefficient (Wildman–Crippen LogP) is 4.91. The molecule has 0 fully saturated rings. The average Bonchev–Trinajstić information content (AvgIpc) is 2.44. The molecule has 0 aromatic heterocycles. The Hall–Kier alpha value is -1.49. The number of rotatable bonds is 10. The molecular weight excluding hydrogens is 260 g/mol. The average molecular weight is 290 g/mol. The van der Waals surface area contributed by atoms with Crippen molar-refractivity contribution in [3.63, 3.8) is 0 Å². The molecule has 118 valence electrons. The van der Waals surface area contributed by atoms with Crippen molar-refractivity contribution in [2.75, 3.05) is 6.61 Å². The number of carbonyl (C=O) groups is 1. The number of terminal acetylenes is 1. The van der Waals surface area contributed by atoms with Gasteiger partial charge in [-0.15, -0.1) is 6.42 Å². The lowest BCUT2D eigenvalue weighted by molar-refractivity contribution is -0.136. The molecule has 21 heavy (non-hydrogen) atoms. The summed E-state index contributed by atoms with van der Waals surface area (Å²) < 4.78 is 4.79. The Morgan fingerprint density at radius 1 is 1.29 bits per heavy atom. The van der Waals surface area contributed by atoms with Gasteiger partial charge in [0.25, 0.3) is 0 Å². The lowest BCUT2D eigenvalue weighted by atomic mass is 9.95. The molecule has 0 bridgehead atoms. The fraction of sp³-hybridized carbons (Fsp3) is 0.632. The molecule has 0 aromatic carbocycles. The number of hydrogen-bond donors (Lipinski definition) is 0. The quantitative estimate of drug-likeness (QED) is 0.247. The molecule has 0 radical (unpaired) electrons. The molecule has 0 aliphatic heterocycles. The molecule has 0 aromatic rings. The van der Waals surface area contributed by atoms with Gasteiger partial charge >= 0.3 is 5.97 Å². The normalized spacial score (nSPS) is 14.7. The van der Waals surface area contributed by atoms with Crippen LogP contribution in [0.25, 0.3) is 0 Å². The summed E-state index contributed by atoms with van der Waals surface area (Å²) in [5.41, 5.74) is 0.892. The van der Waals surface area contributed by atoms with Crippen LogP contribution < -0.4 is 0 Å². The van der Waals surface area contributed by atoms with E-state index in [-0.39, 0.29) is 12.6 Å². The van der Waals surface area contributed by atoms with Crippen LogP contribution in [0.2, 0.25) is 0 Å². The minimum Gasteiger partial charge on any atom is -0.449 e. The van der Waals surface area contributed by atoms with Gasteiger partial charge < -0.3 is 4.74 Å². The Bertz CT molecular complexity index is 385. The van der Waals surface area contributed by atoms with Crippen LogP contribution in [0.3, 0.4) is 0 Å². The molecule has 0 aliphatic carbocycles. The number of ether oxygens (including phenoxy) is 1. The topological polar surface area (TPSA) is 26.3 Å². The van der Waals surface area contributed by atoms with E-state index in [1.165, 1.54) is 31.8 Å². The maximum Gasteiger partial charge on any atom is 0.331 e. The molecule has 0 spiro atoms. The van der Waals surface area contributed by atoms with Gasteiger partial charge in [-0.05, 0) is 30.8 Å². The molecule has 0 N–H and O–H groups in total. The van der Waals surface area contributed by atoms with Crippen molar-refractivity contribution in [1.82, 2.24) is 0 Å². The molecule has 0 amide bonds. The van der Waals surface area contributed by atoms with Gasteiger partial charge in [-0.1, -0.05) is 64.5 Å². The van der Waals surface area contributed by atoms with Gasteiger partial charge in [-0.3, -0.25) is 0 Å². The summed E-state index contributed by atoms with van der Waals surface area (Å²) in [5.74, 6) is 3.42. The highest BCUT2D eigenvalue weighted by Crippen LogP contribution is 2.17. The molecule has 0 heterocycles. The van der Waals surface area contributed by atoms with Crippen LogP contribution in [-0.4, -0.2) is 12.6 Å². The van der Waals surface area contributed by atoms with E-state index in [2.05, 4.69) is 32.8 Å². The standard InChI is InChI=1S/C19H30O2/c1-6-14-21-19(20)15-18(5)13-9-12-17(4)11-8-10-16(3)7-2/h1,9,13,15-17H,7-8,10-12,14H2,2-5H3. The maximum absolute atomic E-state index is 11.3. The van der Waals surface area contributed by atoms with E-state index in [1.54, 1.807) is 0 Å². The third-order valence-corrected chi connectivity index (χ3v) is 3.65. The van der Waals surface area contributed by atoms with Gasteiger partial charge in [-0.2, -0.15) is 0 Å². The molecule has 2 heteroatoms. The largest absolute Gasteiger partial charge is 0.449 e. The zero-order valence-electron chi connectivity index (χ0n) is 14.0. The Kier molecular flexibility index (Phi) is 11.4. The van der Waals surface area contributed by atoms with Crippen LogP contribution in [0, 0.1) is 24.2 Å². The Morgan fingerprint density at radius 3 is 2.57 bits per heavy atom. The third-order valence-electron chi connectivity index (χ3n) is 3.65. The van der Waals surface area contributed by atoms with Crippen molar-refractivity contribution in [1.29, 1.82) is 0 Å². The summed E-state index contributed by atoms with van der Waals surface area (Å²) in [5, 5.41) is 0. The molecular formula is C19H30O2. The lowest BCUT2D eigenvalue weighted by Gasteiger charge is -2.11. The first-order valence-electron chi connectivity index (χ1n) is 7.94. The van der Waals surface area contributed by atoms with Crippen molar-refractivity contribution in [3.05, 3.63) is 23.8 Å². The van der Waals surface area contributed by atoms with Crippen LogP contribution in [-0.2, 0) is 9.53 Å². The van der Waals surface area contributed by atoms with Gasteiger partial charge in [0.1, 0.15) is 0 Å². The first kappa shape index (κ1) is 19.5. The lowest BCUT2D eigenvalue weighted by Crippen LogP contribution is -2.01. The smallest absolute Gasteiger partial charge is 0.331 e. The van der Waals surface area contributed by atoms with Crippen LogP contribution in [0.1, 0.15) is 59.8 Å². The summed E-state index contributed by atoms with van der Waals surface area (Å²) in [6.07, 6.45) is 16.8. The SMILES string of the molecule is C#CCOC(=O)C=C(C)C=CCC(C)CCCC(C)CC. The maximum atomic E-state index is 11.3. The fourth-order valence-corrected chi connectivity index (χ4v) is 2.01. The zero-order chi connectivity index (χ0) is 16.1. The van der Waals surface area contributed by atoms with E-state index in [0.29, 0.717) is 5.92 Å². The van der Waals surface area contributed by atoms with Gasteiger partial charge in [-0.25, -0.2) is 4.79 Å². The highest BCUT2D eigenvalue weighted by molar-refractivity contribution is 5.83. The fourth-order valence-electron chi connectivity index (χ4n) is 2.01. The number of esters is 1. The van der Waals surface area contributed by atoms with Gasteiger partial charge in [0.05, 0.1) is 0 Å². The summed E-state index contributed by atoms with van der Waals surface area (Å²) in [4.78, 5) is 11.3. The van der Waals surface area contributed by atoms with E-state index in [4.69, 9.17) is 11.2 Å². The molecule has 2 atom stereocenters. The van der Waals surface area contributed by atoms with Crippen LogP contribution in [0.15, 0.2) is 23.8 Å². The molecule has 0 saturated heterocycles. The number of allylic oxidation sites excluding steroid dienone is 3. The summed E-state index contributed by atoms with van der Waals surface area (Å²) in [6, 6.07) is 0. The Morgan fingerprint density at radius 2 is 1.95 bits per heavy atom. The summed E-state index contributed by atoms with van der Waals surface area (Å²) >= 11 is 0. The van der Waals surface area contributed by atoms with E-state index >= 15 is 0 Å². The molecule has 2 unspecified atom stereocenters. The van der Waals surface area contributed by atoms with Crippen LogP contribution >= 0.6 is 0 Å². The first-order valence-corrected chi connectivity index (χ1v) is 7.94. The Balaban J connectivity index is 3.94. The van der Waals surface area contributed by atoms with E-state index in [0.717, 1.165) is 17.9 Å². The van der Waals surface area contributed by atoms with Crippen LogP contribution in [0.5, 0.6) is 0 Å². The van der Waals surface area contributed by atoms with Gasteiger partial charge in [0.15, 0.2) is 6.61 Å². The zero-order valence-corrected chi connectivity index (χ0v) is 14.0. The van der Waals surface area contributed by atoms with Crippen molar-refractivity contribution in [2.45, 2.75) is 59.8 Å². The van der Waals surface area contributed by atoms with E-state index < -0.39 is 0 Å². The number of carbonyl (C=O) groups excluding carboxylic acids is 1. The number of hydrogen-bond acceptors (Lipinski definition) is 2. The van der Waals surface area contributed by atoms with Gasteiger partial charge in [0, 0.05) is 6.08 Å². The second-order valence-corrected chi connectivity index (χ2v) is 5.89. The van der Waals surface area contributed by atoms with Gasteiger partial charge in [0.2, 0.25) is 0 Å². The van der Waals surface area contributed by atoms with Crippen molar-refractivity contribution in [2.24, 2.45) is 11.8 Å². The minimum atomic E-state index is -0.378. The van der Waals surface area contributed by atoms with Crippen LogP contribution in [0.4, 0.5) is 0 Å². The second kappa shape index (κ2) is 12.3. The molecule has 0 saturated carbocycles. The molecule has 0 rings (SSSR count). The summed E-state index contributed by atoms with van der Waals surface area (Å²) in [6.45, 7) is 8.76. The highest BCUT2D eigenvalue weighted by Gasteiger charge is 2.03. The van der Waals surface area contributed by atoms with Crippen molar-refractivity contribution >= 4 is 5.97 Å². The van der Waals surface area contributed by atoms with E-state index in [9.17, 15) is 4.79 Å². The third kappa shape index (κ3) is 12.0. The molecule has 0 aliphatic rings. The monoisotopic (exact) mass is 290 g/mol. The minimum absolute atomic E-state index is 0.0273. The summed E-state index contributed by atoms with van der Waals surface area (Å²) in [7, 11) is 0.